The predicted molar refractivity (Wildman–Crippen MR) is 155 cm³/mol. The average Bonchev–Trinajstić information content (AvgIpc) is 2.90. The van der Waals surface area contributed by atoms with Gasteiger partial charge in [0.1, 0.15) is 0 Å². The van der Waals surface area contributed by atoms with Crippen LogP contribution < -0.4 is 10.3 Å². The average molecular weight is 583 g/mol. The molecule has 194 valence electrons. The van der Waals surface area contributed by atoms with Crippen LogP contribution in [0.1, 0.15) is 11.1 Å². The van der Waals surface area contributed by atoms with Gasteiger partial charge in [-0.15, -0.1) is 0 Å². The van der Waals surface area contributed by atoms with Crippen molar-refractivity contribution in [3.8, 4) is 0 Å². The number of aliphatic imine (C=N–C) groups is 2. The van der Waals surface area contributed by atoms with Gasteiger partial charge in [0.15, 0.2) is 0 Å². The van der Waals surface area contributed by atoms with Gasteiger partial charge in [-0.3, -0.25) is 9.98 Å². The van der Waals surface area contributed by atoms with Crippen molar-refractivity contribution < 1.29 is 16.8 Å². The Balaban J connectivity index is 1.29. The molecule has 4 aromatic carbocycles. The molecule has 4 aromatic rings. The van der Waals surface area contributed by atoms with Gasteiger partial charge in [0.25, 0.3) is 0 Å². The maximum atomic E-state index is 11.3. The summed E-state index contributed by atoms with van der Waals surface area (Å²) in [5, 5.41) is 10.2. The van der Waals surface area contributed by atoms with Crippen LogP contribution in [0.2, 0.25) is 0 Å². The molecule has 0 saturated carbocycles. The van der Waals surface area contributed by atoms with E-state index in [1.807, 2.05) is 48.5 Å². The van der Waals surface area contributed by atoms with Crippen molar-refractivity contribution in [2.45, 2.75) is 19.6 Å². The van der Waals surface area contributed by atoms with Crippen molar-refractivity contribution in [3.05, 3.63) is 108 Å². The first-order valence-electron chi connectivity index (χ1n) is 10.9. The number of sulfonamides is 2. The van der Waals surface area contributed by atoms with Gasteiger partial charge in [0.2, 0.25) is 20.0 Å². The molecule has 0 bridgehead atoms. The monoisotopic (exact) mass is 582 g/mol. The highest BCUT2D eigenvalue weighted by atomic mass is 33.1. The molecule has 0 amide bonds. The summed E-state index contributed by atoms with van der Waals surface area (Å²) in [6.45, 7) is 0. The molecule has 0 radical (unpaired) electrons. The van der Waals surface area contributed by atoms with E-state index >= 15 is 0 Å². The lowest BCUT2D eigenvalue weighted by Crippen LogP contribution is -2.11. The molecule has 0 atom stereocenters. The van der Waals surface area contributed by atoms with Crippen LogP contribution in [-0.4, -0.2) is 29.3 Å². The topological polar surface area (TPSA) is 145 Å². The van der Waals surface area contributed by atoms with Crippen LogP contribution in [-0.2, 0) is 20.0 Å². The summed E-state index contributed by atoms with van der Waals surface area (Å²) in [5.41, 5.74) is 3.08. The van der Waals surface area contributed by atoms with Crippen LogP contribution in [0.25, 0.3) is 0 Å². The van der Waals surface area contributed by atoms with E-state index in [1.165, 1.54) is 24.3 Å². The fourth-order valence-corrected chi connectivity index (χ4v) is 6.02. The summed E-state index contributed by atoms with van der Waals surface area (Å²) in [7, 11) is -4.19. The van der Waals surface area contributed by atoms with E-state index in [9.17, 15) is 16.8 Å². The van der Waals surface area contributed by atoms with Crippen molar-refractivity contribution in [3.63, 3.8) is 0 Å². The van der Waals surface area contributed by atoms with Gasteiger partial charge in [0.05, 0.1) is 21.2 Å². The standard InChI is InChI=1S/C26H22N4O4S4/c27-37(31,32)25-13-1-19(2-14-25)17-29-21-5-9-23(10-6-21)35-36-24-11-7-22(8-12-24)30-18-20-3-15-26(16-4-20)38(28,33)34/h1-18H,(H2,27,31,32)(H2,28,33,34). The lowest BCUT2D eigenvalue weighted by atomic mass is 10.2. The smallest absolute Gasteiger partial charge is 0.238 e. The Bertz CT molecular complexity index is 1540. The third-order valence-corrected chi connectivity index (χ3v) is 9.33. The second-order valence-electron chi connectivity index (χ2n) is 7.90. The van der Waals surface area contributed by atoms with E-state index < -0.39 is 20.0 Å². The van der Waals surface area contributed by atoms with Gasteiger partial charge in [-0.05, 0) is 83.9 Å². The second kappa shape index (κ2) is 12.1. The molecule has 0 fully saturated rings. The molecule has 0 spiro atoms. The first-order valence-corrected chi connectivity index (χ1v) is 16.2. The molecule has 0 unspecified atom stereocenters. The third-order valence-electron chi connectivity index (χ3n) is 5.05. The molecule has 38 heavy (non-hydrogen) atoms. The van der Waals surface area contributed by atoms with E-state index in [2.05, 4.69) is 9.98 Å². The Hall–Kier alpha value is -3.26. The lowest BCUT2D eigenvalue weighted by Gasteiger charge is -2.03. The molecule has 0 saturated heterocycles. The number of hydrogen-bond acceptors (Lipinski definition) is 8. The minimum absolute atomic E-state index is 0.0611. The van der Waals surface area contributed by atoms with Gasteiger partial charge < -0.3 is 0 Å². The van der Waals surface area contributed by atoms with Gasteiger partial charge in [-0.25, -0.2) is 27.1 Å². The Labute approximate surface area is 229 Å². The summed E-state index contributed by atoms with van der Waals surface area (Å²) >= 11 is 0. The van der Waals surface area contributed by atoms with Crippen molar-refractivity contribution in [2.75, 3.05) is 0 Å². The Morgan fingerprint density at radius 2 is 0.816 bits per heavy atom. The van der Waals surface area contributed by atoms with Crippen LogP contribution in [0, 0.1) is 0 Å². The number of rotatable bonds is 9. The molecule has 0 aromatic heterocycles. The van der Waals surface area contributed by atoms with Gasteiger partial charge in [-0.1, -0.05) is 45.9 Å². The fraction of sp³-hybridized carbons (Fsp3) is 0. The number of nitrogens with two attached hydrogens (primary N) is 2. The summed E-state index contributed by atoms with van der Waals surface area (Å²) in [6, 6.07) is 27.9. The summed E-state index contributed by atoms with van der Waals surface area (Å²) in [4.78, 5) is 11.1. The second-order valence-corrected chi connectivity index (χ2v) is 13.3. The van der Waals surface area contributed by atoms with Crippen LogP contribution in [0.3, 0.4) is 0 Å². The summed E-state index contributed by atoms with van der Waals surface area (Å²) in [5.74, 6) is 0. The Morgan fingerprint density at radius 1 is 0.500 bits per heavy atom. The molecule has 0 aliphatic rings. The van der Waals surface area contributed by atoms with Crippen LogP contribution in [0.15, 0.2) is 127 Å². The third kappa shape index (κ3) is 8.12. The Morgan fingerprint density at radius 3 is 1.11 bits per heavy atom. The largest absolute Gasteiger partial charge is 0.256 e. The maximum Gasteiger partial charge on any atom is 0.238 e. The van der Waals surface area contributed by atoms with E-state index in [-0.39, 0.29) is 9.79 Å². The number of nitrogens with zero attached hydrogens (tertiary/aromatic N) is 2. The molecule has 0 aliphatic heterocycles. The van der Waals surface area contributed by atoms with Crippen LogP contribution in [0.5, 0.6) is 0 Å². The summed E-state index contributed by atoms with van der Waals surface area (Å²) < 4.78 is 45.4. The fourth-order valence-electron chi connectivity index (χ4n) is 3.06. The van der Waals surface area contributed by atoms with Gasteiger partial charge >= 0.3 is 0 Å². The molecular weight excluding hydrogens is 561 g/mol. The molecular formula is C26H22N4O4S4. The van der Waals surface area contributed by atoms with Gasteiger partial charge in [-0.2, -0.15) is 0 Å². The zero-order chi connectivity index (χ0) is 27.2. The molecule has 0 heterocycles. The van der Waals surface area contributed by atoms with Crippen LogP contribution in [0.4, 0.5) is 11.4 Å². The lowest BCUT2D eigenvalue weighted by molar-refractivity contribution is 0.596. The van der Waals surface area contributed by atoms with E-state index in [0.29, 0.717) is 0 Å². The van der Waals surface area contributed by atoms with Crippen molar-refractivity contribution in [2.24, 2.45) is 20.3 Å². The van der Waals surface area contributed by atoms with E-state index in [0.717, 1.165) is 32.3 Å². The highest BCUT2D eigenvalue weighted by molar-refractivity contribution is 8.76. The van der Waals surface area contributed by atoms with Gasteiger partial charge in [0, 0.05) is 22.2 Å². The van der Waals surface area contributed by atoms with Crippen molar-refractivity contribution in [1.82, 2.24) is 0 Å². The SMILES string of the molecule is NS(=O)(=O)c1ccc(C=Nc2ccc(SSc3ccc(N=Cc4ccc(S(N)(=O)=O)cc4)cc3)cc2)cc1. The first-order chi connectivity index (χ1) is 18.1. The molecule has 4 N–H and O–H groups in total. The number of benzene rings is 4. The van der Waals surface area contributed by atoms with E-state index in [1.54, 1.807) is 58.3 Å². The van der Waals surface area contributed by atoms with Crippen molar-refractivity contribution >= 4 is 65.4 Å². The summed E-state index contributed by atoms with van der Waals surface area (Å²) in [6.07, 6.45) is 3.32. The van der Waals surface area contributed by atoms with Crippen LogP contribution >= 0.6 is 21.6 Å². The highest BCUT2D eigenvalue weighted by Crippen LogP contribution is 2.38. The minimum Gasteiger partial charge on any atom is -0.256 e. The highest BCUT2D eigenvalue weighted by Gasteiger charge is 2.07. The Kier molecular flexibility index (Phi) is 8.82. The number of hydrogen-bond donors (Lipinski definition) is 2. The predicted octanol–water partition coefficient (Wildman–Crippen LogP) is 5.28. The quantitative estimate of drug-likeness (QED) is 0.203. The van der Waals surface area contributed by atoms with E-state index in [4.69, 9.17) is 10.3 Å². The maximum absolute atomic E-state index is 11.3. The number of primary sulfonamides is 2. The zero-order valence-electron chi connectivity index (χ0n) is 19.7. The molecule has 0 aliphatic carbocycles. The van der Waals surface area contributed by atoms with Crippen molar-refractivity contribution in [1.29, 1.82) is 0 Å². The zero-order valence-corrected chi connectivity index (χ0v) is 23.0. The molecule has 4 rings (SSSR count). The normalized spacial score (nSPS) is 12.4. The first kappa shape index (κ1) is 27.8. The molecule has 12 heteroatoms. The minimum atomic E-state index is -3.71. The molecule has 8 nitrogen and oxygen atoms in total.